The summed E-state index contributed by atoms with van der Waals surface area (Å²) >= 11 is 0. The molecular formula is C16H14N2O3. The lowest BCUT2D eigenvalue weighted by Gasteiger charge is -2.28. The van der Waals surface area contributed by atoms with Crippen LogP contribution in [0, 0.1) is 5.92 Å². The van der Waals surface area contributed by atoms with E-state index in [1.54, 1.807) is 30.7 Å². The van der Waals surface area contributed by atoms with Gasteiger partial charge in [0.1, 0.15) is 11.9 Å². The molecule has 1 atom stereocenters. The molecule has 0 radical (unpaired) electrons. The number of carboxylic acids is 1. The van der Waals surface area contributed by atoms with Crippen molar-refractivity contribution in [2.24, 2.45) is 5.92 Å². The topological polar surface area (TPSA) is 64.3 Å². The predicted molar refractivity (Wildman–Crippen MR) is 76.9 cm³/mol. The molecule has 4 rings (SSSR count). The van der Waals surface area contributed by atoms with Crippen LogP contribution in [0.15, 0.2) is 36.9 Å². The van der Waals surface area contributed by atoms with Crippen LogP contribution in [0.3, 0.4) is 0 Å². The SMILES string of the molecule is O=C(O)c1ccc2c(c1)C=C(n1ccnc1)C(C1CC1)O2. The fraction of sp³-hybridized carbons (Fsp3) is 0.250. The van der Waals surface area contributed by atoms with E-state index in [-0.39, 0.29) is 11.7 Å². The van der Waals surface area contributed by atoms with Gasteiger partial charge in [-0.1, -0.05) is 0 Å². The molecule has 2 heterocycles. The Balaban J connectivity index is 1.82. The minimum absolute atomic E-state index is 0.0161. The number of carboxylic acid groups (broad SMARTS) is 1. The summed E-state index contributed by atoms with van der Waals surface area (Å²) in [7, 11) is 0. The highest BCUT2D eigenvalue weighted by Crippen LogP contribution is 2.43. The maximum absolute atomic E-state index is 11.1. The van der Waals surface area contributed by atoms with Gasteiger partial charge in [0.2, 0.25) is 0 Å². The van der Waals surface area contributed by atoms with E-state index in [9.17, 15) is 4.79 Å². The van der Waals surface area contributed by atoms with Gasteiger partial charge in [-0.2, -0.15) is 0 Å². The van der Waals surface area contributed by atoms with Crippen LogP contribution >= 0.6 is 0 Å². The van der Waals surface area contributed by atoms with Gasteiger partial charge in [0.15, 0.2) is 0 Å². The molecule has 2 aliphatic rings. The van der Waals surface area contributed by atoms with Gasteiger partial charge >= 0.3 is 5.97 Å². The number of imidazole rings is 1. The molecule has 106 valence electrons. The third-order valence-corrected chi connectivity index (χ3v) is 3.96. The number of carbonyl (C=O) groups is 1. The molecule has 5 heteroatoms. The second-order valence-electron chi connectivity index (χ2n) is 5.47. The largest absolute Gasteiger partial charge is 0.483 e. The van der Waals surface area contributed by atoms with Crippen LogP contribution in [-0.2, 0) is 0 Å². The average molecular weight is 282 g/mol. The lowest BCUT2D eigenvalue weighted by Crippen LogP contribution is -2.26. The number of nitrogens with zero attached hydrogens (tertiary/aromatic N) is 2. The summed E-state index contributed by atoms with van der Waals surface area (Å²) < 4.78 is 8.06. The number of aromatic carboxylic acids is 1. The zero-order chi connectivity index (χ0) is 14.4. The van der Waals surface area contributed by atoms with Gasteiger partial charge in [0.05, 0.1) is 17.6 Å². The first-order valence-corrected chi connectivity index (χ1v) is 6.96. The van der Waals surface area contributed by atoms with Gasteiger partial charge in [-0.3, -0.25) is 0 Å². The number of ether oxygens (including phenoxy) is 1. The van der Waals surface area contributed by atoms with E-state index in [0.717, 1.165) is 17.0 Å². The third-order valence-electron chi connectivity index (χ3n) is 3.96. The van der Waals surface area contributed by atoms with E-state index in [0.29, 0.717) is 5.92 Å². The Hall–Kier alpha value is -2.56. The Kier molecular flexibility index (Phi) is 2.60. The smallest absolute Gasteiger partial charge is 0.335 e. The molecule has 0 spiro atoms. The molecule has 2 aromatic rings. The van der Waals surface area contributed by atoms with Crippen molar-refractivity contribution in [2.45, 2.75) is 18.9 Å². The van der Waals surface area contributed by atoms with Gasteiger partial charge in [-0.05, 0) is 37.1 Å². The van der Waals surface area contributed by atoms with Crippen LogP contribution in [0.5, 0.6) is 5.75 Å². The summed E-state index contributed by atoms with van der Waals surface area (Å²) in [6.07, 6.45) is 9.72. The summed E-state index contributed by atoms with van der Waals surface area (Å²) in [5.41, 5.74) is 2.09. The zero-order valence-corrected chi connectivity index (χ0v) is 11.3. The standard InChI is InChI=1S/C16H14N2O3/c19-16(20)11-3-4-14-12(7-11)8-13(18-6-5-17-9-18)15(21-14)10-1-2-10/h3-10,15H,1-2H2,(H,19,20). The summed E-state index contributed by atoms with van der Waals surface area (Å²) in [6.45, 7) is 0. The molecule has 1 aliphatic carbocycles. The van der Waals surface area contributed by atoms with Gasteiger partial charge in [0, 0.05) is 23.9 Å². The third kappa shape index (κ3) is 2.11. The average Bonchev–Trinajstić information content (AvgIpc) is 3.19. The first-order valence-electron chi connectivity index (χ1n) is 6.96. The minimum atomic E-state index is -0.931. The molecule has 1 N–H and O–H groups in total. The van der Waals surface area contributed by atoms with Gasteiger partial charge in [0.25, 0.3) is 0 Å². The molecule has 0 bridgehead atoms. The van der Waals surface area contributed by atoms with Crippen LogP contribution in [0.1, 0.15) is 28.8 Å². The second kappa shape index (κ2) is 4.48. The highest BCUT2D eigenvalue weighted by Gasteiger charge is 2.38. The van der Waals surface area contributed by atoms with Crippen molar-refractivity contribution in [2.75, 3.05) is 0 Å². The summed E-state index contributed by atoms with van der Waals surface area (Å²) in [4.78, 5) is 15.2. The van der Waals surface area contributed by atoms with Crippen molar-refractivity contribution < 1.29 is 14.6 Å². The van der Waals surface area contributed by atoms with Crippen LogP contribution in [-0.4, -0.2) is 26.7 Å². The predicted octanol–water partition coefficient (Wildman–Crippen LogP) is 2.75. The van der Waals surface area contributed by atoms with Crippen LogP contribution in [0.4, 0.5) is 0 Å². The van der Waals surface area contributed by atoms with E-state index < -0.39 is 5.97 Å². The van der Waals surface area contributed by atoms with E-state index in [1.807, 2.05) is 16.8 Å². The van der Waals surface area contributed by atoms with Crippen LogP contribution in [0.2, 0.25) is 0 Å². The summed E-state index contributed by atoms with van der Waals surface area (Å²) in [5.74, 6) is 0.353. The number of benzene rings is 1. The molecule has 0 saturated heterocycles. The van der Waals surface area contributed by atoms with E-state index in [1.165, 1.54) is 12.8 Å². The Bertz CT molecular complexity index is 730. The van der Waals surface area contributed by atoms with Gasteiger partial charge in [-0.15, -0.1) is 0 Å². The highest BCUT2D eigenvalue weighted by atomic mass is 16.5. The lowest BCUT2D eigenvalue weighted by atomic mass is 10.0. The summed E-state index contributed by atoms with van der Waals surface area (Å²) in [6, 6.07) is 4.98. The zero-order valence-electron chi connectivity index (χ0n) is 11.3. The molecule has 5 nitrogen and oxygen atoms in total. The van der Waals surface area contributed by atoms with Crippen molar-refractivity contribution in [3.8, 4) is 5.75 Å². The van der Waals surface area contributed by atoms with E-state index in [2.05, 4.69) is 4.98 Å². The van der Waals surface area contributed by atoms with Crippen molar-refractivity contribution in [1.29, 1.82) is 0 Å². The lowest BCUT2D eigenvalue weighted by molar-refractivity contribution is 0.0696. The first kappa shape index (κ1) is 12.2. The van der Waals surface area contributed by atoms with Gasteiger partial charge in [-0.25, -0.2) is 9.78 Å². The molecule has 1 aromatic heterocycles. The Morgan fingerprint density at radius 1 is 1.38 bits per heavy atom. The molecule has 1 saturated carbocycles. The van der Waals surface area contributed by atoms with Crippen molar-refractivity contribution >= 4 is 17.7 Å². The fourth-order valence-corrected chi connectivity index (χ4v) is 2.71. The molecule has 1 aliphatic heterocycles. The number of fused-ring (bicyclic) bond motifs is 1. The maximum Gasteiger partial charge on any atom is 0.335 e. The number of aromatic nitrogens is 2. The maximum atomic E-state index is 11.1. The summed E-state index contributed by atoms with van der Waals surface area (Å²) in [5, 5.41) is 9.11. The minimum Gasteiger partial charge on any atom is -0.483 e. The number of rotatable bonds is 3. The fourth-order valence-electron chi connectivity index (χ4n) is 2.71. The molecule has 21 heavy (non-hydrogen) atoms. The number of hydrogen-bond donors (Lipinski definition) is 1. The Morgan fingerprint density at radius 3 is 2.90 bits per heavy atom. The van der Waals surface area contributed by atoms with Crippen LogP contribution < -0.4 is 4.74 Å². The van der Waals surface area contributed by atoms with E-state index >= 15 is 0 Å². The molecule has 1 unspecified atom stereocenters. The Labute approximate surface area is 121 Å². The molecule has 0 amide bonds. The number of hydrogen-bond acceptors (Lipinski definition) is 3. The Morgan fingerprint density at radius 2 is 2.24 bits per heavy atom. The normalized spacial score (nSPS) is 20.4. The second-order valence-corrected chi connectivity index (χ2v) is 5.47. The first-order chi connectivity index (χ1) is 10.2. The highest BCUT2D eigenvalue weighted by molar-refractivity contribution is 5.90. The molecular weight excluding hydrogens is 268 g/mol. The molecule has 1 fully saturated rings. The van der Waals surface area contributed by atoms with E-state index in [4.69, 9.17) is 9.84 Å². The van der Waals surface area contributed by atoms with Crippen LogP contribution in [0.25, 0.3) is 11.8 Å². The monoisotopic (exact) mass is 282 g/mol. The van der Waals surface area contributed by atoms with Crippen molar-refractivity contribution in [3.63, 3.8) is 0 Å². The van der Waals surface area contributed by atoms with Crippen molar-refractivity contribution in [3.05, 3.63) is 48.0 Å². The van der Waals surface area contributed by atoms with Crippen molar-refractivity contribution in [1.82, 2.24) is 9.55 Å². The molecule has 1 aromatic carbocycles. The quantitative estimate of drug-likeness (QED) is 0.940. The van der Waals surface area contributed by atoms with Gasteiger partial charge < -0.3 is 14.4 Å².